The van der Waals surface area contributed by atoms with Crippen LogP contribution in [0.4, 0.5) is 0 Å². The second-order valence-corrected chi connectivity index (χ2v) is 4.58. The van der Waals surface area contributed by atoms with E-state index in [2.05, 4.69) is 17.0 Å². The van der Waals surface area contributed by atoms with Crippen molar-refractivity contribution in [1.29, 1.82) is 0 Å². The van der Waals surface area contributed by atoms with E-state index in [1.807, 2.05) is 19.1 Å². The molecule has 0 aliphatic heterocycles. The Morgan fingerprint density at radius 3 is 2.85 bits per heavy atom. The Kier molecular flexibility index (Phi) is 4.50. The summed E-state index contributed by atoms with van der Waals surface area (Å²) < 4.78 is 6.80. The molecular formula is C15H19N3O2. The number of ether oxygens (including phenoxy) is 1. The fourth-order valence-corrected chi connectivity index (χ4v) is 2.06. The number of rotatable bonds is 5. The van der Waals surface area contributed by atoms with Crippen LogP contribution in [0.3, 0.4) is 0 Å². The van der Waals surface area contributed by atoms with Crippen molar-refractivity contribution in [3.63, 3.8) is 0 Å². The van der Waals surface area contributed by atoms with Crippen LogP contribution in [0.25, 0.3) is 5.82 Å². The van der Waals surface area contributed by atoms with Crippen LogP contribution in [0, 0.1) is 6.92 Å². The number of carbonyl (C=O) groups is 1. The maximum Gasteiger partial charge on any atom is 0.341 e. The Labute approximate surface area is 118 Å². The summed E-state index contributed by atoms with van der Waals surface area (Å²) >= 11 is 0. The van der Waals surface area contributed by atoms with Crippen molar-refractivity contribution in [2.45, 2.75) is 33.6 Å². The zero-order chi connectivity index (χ0) is 14.5. The smallest absolute Gasteiger partial charge is 0.341 e. The van der Waals surface area contributed by atoms with Gasteiger partial charge in [-0.15, -0.1) is 0 Å². The SMILES string of the molecule is CCCc1c(C(=O)OCC)cnn1-c1cc(C)ccn1. The van der Waals surface area contributed by atoms with Crippen molar-refractivity contribution in [1.82, 2.24) is 14.8 Å². The van der Waals surface area contributed by atoms with E-state index < -0.39 is 0 Å². The lowest BCUT2D eigenvalue weighted by atomic mass is 10.1. The highest BCUT2D eigenvalue weighted by atomic mass is 16.5. The molecule has 0 aliphatic carbocycles. The Morgan fingerprint density at radius 1 is 1.40 bits per heavy atom. The van der Waals surface area contributed by atoms with Gasteiger partial charge >= 0.3 is 5.97 Å². The van der Waals surface area contributed by atoms with Gasteiger partial charge in [0.25, 0.3) is 0 Å². The summed E-state index contributed by atoms with van der Waals surface area (Å²) in [7, 11) is 0. The van der Waals surface area contributed by atoms with E-state index >= 15 is 0 Å². The zero-order valence-corrected chi connectivity index (χ0v) is 12.1. The van der Waals surface area contributed by atoms with Gasteiger partial charge in [-0.3, -0.25) is 0 Å². The van der Waals surface area contributed by atoms with Gasteiger partial charge in [0, 0.05) is 6.20 Å². The third kappa shape index (κ3) is 2.87. The molecule has 0 saturated heterocycles. The number of pyridine rings is 1. The van der Waals surface area contributed by atoms with Crippen LogP contribution in [0.2, 0.25) is 0 Å². The monoisotopic (exact) mass is 273 g/mol. The van der Waals surface area contributed by atoms with Gasteiger partial charge in [-0.2, -0.15) is 5.10 Å². The number of aromatic nitrogens is 3. The highest BCUT2D eigenvalue weighted by Gasteiger charge is 2.19. The topological polar surface area (TPSA) is 57.0 Å². The van der Waals surface area contributed by atoms with Gasteiger partial charge in [-0.1, -0.05) is 13.3 Å². The molecule has 0 fully saturated rings. The maximum absolute atomic E-state index is 12.0. The third-order valence-electron chi connectivity index (χ3n) is 2.97. The van der Waals surface area contributed by atoms with Crippen LogP contribution < -0.4 is 0 Å². The Hall–Kier alpha value is -2.17. The first-order valence-electron chi connectivity index (χ1n) is 6.84. The molecule has 0 bridgehead atoms. The van der Waals surface area contributed by atoms with Crippen LogP contribution >= 0.6 is 0 Å². The van der Waals surface area contributed by atoms with E-state index in [0.29, 0.717) is 12.2 Å². The largest absolute Gasteiger partial charge is 0.462 e. The van der Waals surface area contributed by atoms with Crippen molar-refractivity contribution in [3.8, 4) is 5.82 Å². The Morgan fingerprint density at radius 2 is 2.20 bits per heavy atom. The van der Waals surface area contributed by atoms with Crippen molar-refractivity contribution >= 4 is 5.97 Å². The molecule has 0 aromatic carbocycles. The predicted molar refractivity (Wildman–Crippen MR) is 76.0 cm³/mol. The summed E-state index contributed by atoms with van der Waals surface area (Å²) in [6.45, 7) is 6.22. The van der Waals surface area contributed by atoms with E-state index in [4.69, 9.17) is 4.74 Å². The second kappa shape index (κ2) is 6.32. The van der Waals surface area contributed by atoms with Gasteiger partial charge in [-0.05, 0) is 38.0 Å². The fourth-order valence-electron chi connectivity index (χ4n) is 2.06. The molecule has 5 nitrogen and oxygen atoms in total. The first-order valence-corrected chi connectivity index (χ1v) is 6.84. The molecule has 5 heteroatoms. The molecule has 0 atom stereocenters. The highest BCUT2D eigenvalue weighted by Crippen LogP contribution is 2.17. The Balaban J connectivity index is 2.46. The van der Waals surface area contributed by atoms with Crippen LogP contribution in [0.1, 0.15) is 41.9 Å². The van der Waals surface area contributed by atoms with Gasteiger partial charge in [0.15, 0.2) is 5.82 Å². The molecule has 0 unspecified atom stereocenters. The van der Waals surface area contributed by atoms with Gasteiger partial charge in [0.05, 0.1) is 18.5 Å². The minimum Gasteiger partial charge on any atom is -0.462 e. The number of carbonyl (C=O) groups excluding carboxylic acids is 1. The average Bonchev–Trinajstić information content (AvgIpc) is 2.83. The number of hydrogen-bond donors (Lipinski definition) is 0. The molecule has 0 saturated carbocycles. The van der Waals surface area contributed by atoms with Gasteiger partial charge < -0.3 is 4.74 Å². The van der Waals surface area contributed by atoms with Gasteiger partial charge in [-0.25, -0.2) is 14.5 Å². The summed E-state index contributed by atoms with van der Waals surface area (Å²) in [5.74, 6) is 0.402. The van der Waals surface area contributed by atoms with E-state index in [1.165, 1.54) is 0 Å². The lowest BCUT2D eigenvalue weighted by molar-refractivity contribution is 0.0525. The lowest BCUT2D eigenvalue weighted by Gasteiger charge is -2.08. The standard InChI is InChI=1S/C15H19N3O2/c1-4-6-13-12(15(19)20-5-2)10-17-18(13)14-9-11(3)7-8-16-14/h7-10H,4-6H2,1-3H3. The van der Waals surface area contributed by atoms with Crippen LogP contribution in [0.15, 0.2) is 24.5 Å². The number of nitrogens with zero attached hydrogens (tertiary/aromatic N) is 3. The maximum atomic E-state index is 12.0. The van der Waals surface area contributed by atoms with Crippen molar-refractivity contribution in [2.75, 3.05) is 6.61 Å². The molecule has 2 rings (SSSR count). The summed E-state index contributed by atoms with van der Waals surface area (Å²) in [6.07, 6.45) is 4.98. The lowest BCUT2D eigenvalue weighted by Crippen LogP contribution is -2.10. The Bertz CT molecular complexity index is 605. The average molecular weight is 273 g/mol. The van der Waals surface area contributed by atoms with E-state index in [1.54, 1.807) is 24.0 Å². The fraction of sp³-hybridized carbons (Fsp3) is 0.400. The molecule has 2 aromatic rings. The van der Waals surface area contributed by atoms with Crippen molar-refractivity contribution in [2.24, 2.45) is 0 Å². The van der Waals surface area contributed by atoms with E-state index in [9.17, 15) is 4.79 Å². The first-order chi connectivity index (χ1) is 9.67. The van der Waals surface area contributed by atoms with Crippen LogP contribution in [-0.4, -0.2) is 27.3 Å². The molecular weight excluding hydrogens is 254 g/mol. The second-order valence-electron chi connectivity index (χ2n) is 4.58. The number of aryl methyl sites for hydroxylation is 1. The predicted octanol–water partition coefficient (Wildman–Crippen LogP) is 2.70. The van der Waals surface area contributed by atoms with Gasteiger partial charge in [0.2, 0.25) is 0 Å². The molecule has 0 amide bonds. The van der Waals surface area contributed by atoms with Crippen LogP contribution in [0.5, 0.6) is 0 Å². The molecule has 0 radical (unpaired) electrons. The van der Waals surface area contributed by atoms with Crippen molar-refractivity contribution < 1.29 is 9.53 Å². The van der Waals surface area contributed by atoms with E-state index in [0.717, 1.165) is 29.9 Å². The molecule has 2 heterocycles. The number of hydrogen-bond acceptors (Lipinski definition) is 4. The normalized spacial score (nSPS) is 10.6. The number of esters is 1. The molecule has 2 aromatic heterocycles. The first kappa shape index (κ1) is 14.2. The molecule has 106 valence electrons. The molecule has 0 aliphatic rings. The quantitative estimate of drug-likeness (QED) is 0.786. The molecule has 0 N–H and O–H groups in total. The zero-order valence-electron chi connectivity index (χ0n) is 12.1. The summed E-state index contributed by atoms with van der Waals surface area (Å²) in [4.78, 5) is 16.3. The summed E-state index contributed by atoms with van der Waals surface area (Å²) in [5.41, 5.74) is 2.48. The van der Waals surface area contributed by atoms with Gasteiger partial charge in [0.1, 0.15) is 5.56 Å². The minimum atomic E-state index is -0.324. The third-order valence-corrected chi connectivity index (χ3v) is 2.97. The minimum absolute atomic E-state index is 0.324. The van der Waals surface area contributed by atoms with Crippen molar-refractivity contribution in [3.05, 3.63) is 41.3 Å². The molecule has 0 spiro atoms. The van der Waals surface area contributed by atoms with E-state index in [-0.39, 0.29) is 5.97 Å². The summed E-state index contributed by atoms with van der Waals surface area (Å²) in [5, 5.41) is 4.30. The molecule has 20 heavy (non-hydrogen) atoms. The summed E-state index contributed by atoms with van der Waals surface area (Å²) in [6, 6.07) is 3.87. The van der Waals surface area contributed by atoms with Crippen LogP contribution in [-0.2, 0) is 11.2 Å². The highest BCUT2D eigenvalue weighted by molar-refractivity contribution is 5.90.